The lowest BCUT2D eigenvalue weighted by Crippen LogP contribution is -2.42. The van der Waals surface area contributed by atoms with Gasteiger partial charge in [-0.3, -0.25) is 4.79 Å². The van der Waals surface area contributed by atoms with Crippen LogP contribution in [0.25, 0.3) is 11.3 Å². The van der Waals surface area contributed by atoms with E-state index in [0.29, 0.717) is 11.6 Å². The molecular formula is C19H25N3O2S. The zero-order chi connectivity index (χ0) is 18.0. The first-order chi connectivity index (χ1) is 12.0. The fourth-order valence-electron chi connectivity index (χ4n) is 3.20. The van der Waals surface area contributed by atoms with Crippen LogP contribution in [0.15, 0.2) is 23.6 Å². The van der Waals surface area contributed by atoms with Crippen LogP contribution in [0.5, 0.6) is 5.75 Å². The molecule has 2 heterocycles. The third-order valence-corrected chi connectivity index (χ3v) is 5.67. The number of aromatic nitrogens is 1. The maximum absolute atomic E-state index is 13.0. The summed E-state index contributed by atoms with van der Waals surface area (Å²) in [5.74, 6) is 0.831. The van der Waals surface area contributed by atoms with Crippen molar-refractivity contribution in [2.45, 2.75) is 32.2 Å². The average molecular weight is 359 g/mol. The molecule has 6 heteroatoms. The number of nitrogens with zero attached hydrogens (tertiary/aromatic N) is 3. The van der Waals surface area contributed by atoms with E-state index >= 15 is 0 Å². The Bertz CT molecular complexity index is 757. The maximum atomic E-state index is 13.0. The van der Waals surface area contributed by atoms with Gasteiger partial charge in [-0.05, 0) is 44.4 Å². The van der Waals surface area contributed by atoms with Crippen LogP contribution in [0.2, 0.25) is 0 Å². The van der Waals surface area contributed by atoms with Gasteiger partial charge in [0.1, 0.15) is 5.75 Å². The summed E-state index contributed by atoms with van der Waals surface area (Å²) < 4.78 is 5.50. The number of piperidine rings is 1. The van der Waals surface area contributed by atoms with Gasteiger partial charge in [-0.2, -0.15) is 0 Å². The van der Waals surface area contributed by atoms with E-state index in [9.17, 15) is 4.79 Å². The third-order valence-electron chi connectivity index (χ3n) is 4.66. The molecule has 25 heavy (non-hydrogen) atoms. The van der Waals surface area contributed by atoms with E-state index in [4.69, 9.17) is 4.74 Å². The van der Waals surface area contributed by atoms with Gasteiger partial charge >= 0.3 is 0 Å². The highest BCUT2D eigenvalue weighted by Crippen LogP contribution is 2.34. The first kappa shape index (κ1) is 17.7. The highest BCUT2D eigenvalue weighted by atomic mass is 32.1. The van der Waals surface area contributed by atoms with Gasteiger partial charge in [0.25, 0.3) is 5.91 Å². The van der Waals surface area contributed by atoms with Gasteiger partial charge in [0.2, 0.25) is 0 Å². The predicted octanol–water partition coefficient (Wildman–Crippen LogP) is 3.90. The first-order valence-electron chi connectivity index (χ1n) is 8.63. The summed E-state index contributed by atoms with van der Waals surface area (Å²) in [7, 11) is 5.58. The molecule has 0 saturated carbocycles. The topological polar surface area (TPSA) is 45.7 Å². The SMILES string of the molecule is COc1ccc(C(=O)N2CCCCC2C)cc1-c1csc(N(C)C)n1. The number of carbonyl (C=O) groups is 1. The van der Waals surface area contributed by atoms with Crippen LogP contribution >= 0.6 is 11.3 Å². The smallest absolute Gasteiger partial charge is 0.254 e. The van der Waals surface area contributed by atoms with E-state index in [-0.39, 0.29) is 5.91 Å². The number of likely N-dealkylation sites (tertiary alicyclic amines) is 1. The second-order valence-corrected chi connectivity index (χ2v) is 7.50. The molecule has 1 aliphatic rings. The number of benzene rings is 1. The second kappa shape index (κ2) is 7.44. The normalized spacial score (nSPS) is 17.4. The molecule has 0 radical (unpaired) electrons. The molecule has 1 fully saturated rings. The second-order valence-electron chi connectivity index (χ2n) is 6.67. The van der Waals surface area contributed by atoms with E-state index in [1.165, 1.54) is 6.42 Å². The molecule has 3 rings (SSSR count). The number of amides is 1. The standard InChI is InChI=1S/C19H25N3O2S/c1-13-7-5-6-10-22(13)18(23)14-8-9-17(24-4)15(11-14)16-12-25-19(20-16)21(2)3/h8-9,11-13H,5-7,10H2,1-4H3. The summed E-state index contributed by atoms with van der Waals surface area (Å²) in [4.78, 5) is 21.6. The Kier molecular flexibility index (Phi) is 5.27. The Morgan fingerprint density at radius 2 is 2.16 bits per heavy atom. The Morgan fingerprint density at radius 1 is 1.36 bits per heavy atom. The van der Waals surface area contributed by atoms with Crippen molar-refractivity contribution < 1.29 is 9.53 Å². The van der Waals surface area contributed by atoms with Gasteiger partial charge in [-0.15, -0.1) is 11.3 Å². The van der Waals surface area contributed by atoms with E-state index in [2.05, 4.69) is 11.9 Å². The van der Waals surface area contributed by atoms with Crippen molar-refractivity contribution in [2.75, 3.05) is 32.6 Å². The Balaban J connectivity index is 1.95. The predicted molar refractivity (Wildman–Crippen MR) is 103 cm³/mol. The number of ether oxygens (including phenoxy) is 1. The summed E-state index contributed by atoms with van der Waals surface area (Å²) >= 11 is 1.58. The fraction of sp³-hybridized carbons (Fsp3) is 0.474. The quantitative estimate of drug-likeness (QED) is 0.831. The van der Waals surface area contributed by atoms with E-state index < -0.39 is 0 Å². The van der Waals surface area contributed by atoms with Crippen LogP contribution in [0.3, 0.4) is 0 Å². The Hall–Kier alpha value is -2.08. The summed E-state index contributed by atoms with van der Waals surface area (Å²) in [5.41, 5.74) is 2.40. The first-order valence-corrected chi connectivity index (χ1v) is 9.51. The zero-order valence-corrected chi connectivity index (χ0v) is 16.1. The molecule has 1 amide bonds. The Morgan fingerprint density at radius 3 is 2.80 bits per heavy atom. The van der Waals surface area contributed by atoms with E-state index in [0.717, 1.165) is 41.5 Å². The molecule has 1 aromatic heterocycles. The van der Waals surface area contributed by atoms with Crippen LogP contribution in [-0.2, 0) is 0 Å². The number of rotatable bonds is 4. The van der Waals surface area contributed by atoms with Gasteiger partial charge in [-0.1, -0.05) is 0 Å². The maximum Gasteiger partial charge on any atom is 0.254 e. The monoisotopic (exact) mass is 359 g/mol. The van der Waals surface area contributed by atoms with Crippen molar-refractivity contribution in [1.29, 1.82) is 0 Å². The lowest BCUT2D eigenvalue weighted by atomic mass is 10.0. The summed E-state index contributed by atoms with van der Waals surface area (Å²) in [6.45, 7) is 2.97. The third kappa shape index (κ3) is 3.63. The minimum absolute atomic E-state index is 0.0964. The highest BCUT2D eigenvalue weighted by Gasteiger charge is 2.25. The highest BCUT2D eigenvalue weighted by molar-refractivity contribution is 7.14. The number of carbonyl (C=O) groups excluding carboxylic acids is 1. The summed E-state index contributed by atoms with van der Waals surface area (Å²) in [5, 5.41) is 2.93. The Labute approximate surface area is 153 Å². The number of methoxy groups -OCH3 is 1. The molecule has 1 saturated heterocycles. The summed E-state index contributed by atoms with van der Waals surface area (Å²) in [6.07, 6.45) is 3.36. The van der Waals surface area contributed by atoms with Gasteiger partial charge in [0.05, 0.1) is 12.8 Å². The molecule has 1 aliphatic heterocycles. The molecule has 1 unspecified atom stereocenters. The van der Waals surface area contributed by atoms with Crippen molar-refractivity contribution >= 4 is 22.4 Å². The van der Waals surface area contributed by atoms with E-state index in [1.807, 2.05) is 47.5 Å². The minimum atomic E-state index is 0.0964. The zero-order valence-electron chi connectivity index (χ0n) is 15.3. The molecule has 0 spiro atoms. The van der Waals surface area contributed by atoms with Gasteiger partial charge in [0.15, 0.2) is 5.13 Å². The average Bonchev–Trinajstić information content (AvgIpc) is 3.11. The lowest BCUT2D eigenvalue weighted by Gasteiger charge is -2.33. The number of thiazole rings is 1. The molecule has 0 bridgehead atoms. The molecule has 1 atom stereocenters. The number of anilines is 1. The fourth-order valence-corrected chi connectivity index (χ4v) is 3.96. The largest absolute Gasteiger partial charge is 0.496 e. The van der Waals surface area contributed by atoms with Crippen LogP contribution < -0.4 is 9.64 Å². The molecule has 0 aliphatic carbocycles. The molecular weight excluding hydrogens is 334 g/mol. The molecule has 1 aromatic carbocycles. The van der Waals surface area contributed by atoms with Crippen molar-refractivity contribution in [3.05, 3.63) is 29.1 Å². The van der Waals surface area contributed by atoms with Crippen molar-refractivity contribution in [2.24, 2.45) is 0 Å². The molecule has 5 nitrogen and oxygen atoms in total. The van der Waals surface area contributed by atoms with Crippen LogP contribution in [0.1, 0.15) is 36.5 Å². The number of hydrogen-bond acceptors (Lipinski definition) is 5. The lowest BCUT2D eigenvalue weighted by molar-refractivity contribution is 0.0635. The van der Waals surface area contributed by atoms with Crippen molar-refractivity contribution in [1.82, 2.24) is 9.88 Å². The van der Waals surface area contributed by atoms with Crippen LogP contribution in [0.4, 0.5) is 5.13 Å². The van der Waals surface area contributed by atoms with E-state index in [1.54, 1.807) is 18.4 Å². The minimum Gasteiger partial charge on any atom is -0.496 e. The van der Waals surface area contributed by atoms with Crippen LogP contribution in [-0.4, -0.2) is 49.6 Å². The van der Waals surface area contributed by atoms with Crippen molar-refractivity contribution in [3.63, 3.8) is 0 Å². The molecule has 0 N–H and O–H groups in total. The van der Waals surface area contributed by atoms with Gasteiger partial charge in [0, 0.05) is 43.2 Å². The molecule has 134 valence electrons. The van der Waals surface area contributed by atoms with Crippen molar-refractivity contribution in [3.8, 4) is 17.0 Å². The van der Waals surface area contributed by atoms with Gasteiger partial charge in [-0.25, -0.2) is 4.98 Å². The molecule has 2 aromatic rings. The summed E-state index contributed by atoms with van der Waals surface area (Å²) in [6, 6.07) is 5.93. The van der Waals surface area contributed by atoms with Crippen LogP contribution in [0, 0.1) is 0 Å². The van der Waals surface area contributed by atoms with Gasteiger partial charge < -0.3 is 14.5 Å². The number of hydrogen-bond donors (Lipinski definition) is 0.